The van der Waals surface area contributed by atoms with Crippen LogP contribution in [0.3, 0.4) is 0 Å². The van der Waals surface area contributed by atoms with Gasteiger partial charge >= 0.3 is 0 Å². The minimum atomic E-state index is 0.359. The maximum Gasteiger partial charge on any atom is 0.247 e. The SMILES string of the molecule is CC(CN)Cc1nccc2nc(Nc3ccccc3)nn12. The van der Waals surface area contributed by atoms with E-state index in [1.54, 1.807) is 10.7 Å². The molecule has 0 amide bonds. The molecule has 0 bridgehead atoms. The van der Waals surface area contributed by atoms with E-state index in [2.05, 4.69) is 27.3 Å². The van der Waals surface area contributed by atoms with Crippen LogP contribution in [-0.4, -0.2) is 26.1 Å². The smallest absolute Gasteiger partial charge is 0.247 e. The summed E-state index contributed by atoms with van der Waals surface area (Å²) >= 11 is 0. The van der Waals surface area contributed by atoms with E-state index in [1.807, 2.05) is 36.4 Å². The molecular weight excluding hydrogens is 264 g/mol. The Morgan fingerprint density at radius 2 is 2.05 bits per heavy atom. The molecule has 3 N–H and O–H groups in total. The molecule has 21 heavy (non-hydrogen) atoms. The molecule has 1 unspecified atom stereocenters. The van der Waals surface area contributed by atoms with Gasteiger partial charge in [-0.2, -0.15) is 9.50 Å². The standard InChI is InChI=1S/C15H18N6/c1-11(10-16)9-14-17-8-7-13-19-15(20-21(13)14)18-12-5-3-2-4-6-12/h2-8,11H,9-10,16H2,1H3,(H,18,20). The summed E-state index contributed by atoms with van der Waals surface area (Å²) in [5.74, 6) is 1.80. The molecule has 0 saturated heterocycles. The summed E-state index contributed by atoms with van der Waals surface area (Å²) in [6.45, 7) is 2.72. The zero-order valence-electron chi connectivity index (χ0n) is 11.9. The van der Waals surface area contributed by atoms with Crippen molar-refractivity contribution in [2.75, 3.05) is 11.9 Å². The first kappa shape index (κ1) is 13.5. The minimum Gasteiger partial charge on any atom is -0.330 e. The van der Waals surface area contributed by atoms with Crippen LogP contribution in [0.1, 0.15) is 12.7 Å². The number of hydrogen-bond donors (Lipinski definition) is 2. The quantitative estimate of drug-likeness (QED) is 0.748. The molecule has 0 fully saturated rings. The van der Waals surface area contributed by atoms with Gasteiger partial charge in [0.2, 0.25) is 5.95 Å². The number of aromatic nitrogens is 4. The monoisotopic (exact) mass is 282 g/mol. The second kappa shape index (κ2) is 5.88. The topological polar surface area (TPSA) is 81.1 Å². The van der Waals surface area contributed by atoms with E-state index >= 15 is 0 Å². The van der Waals surface area contributed by atoms with Gasteiger partial charge in [-0.3, -0.25) is 0 Å². The predicted molar refractivity (Wildman–Crippen MR) is 82.4 cm³/mol. The van der Waals surface area contributed by atoms with Gasteiger partial charge in [0, 0.05) is 24.4 Å². The first-order chi connectivity index (χ1) is 10.3. The lowest BCUT2D eigenvalue weighted by atomic mass is 10.1. The average Bonchev–Trinajstić information content (AvgIpc) is 2.91. The van der Waals surface area contributed by atoms with Crippen LogP contribution in [0.4, 0.5) is 11.6 Å². The lowest BCUT2D eigenvalue weighted by molar-refractivity contribution is 0.562. The zero-order valence-corrected chi connectivity index (χ0v) is 11.9. The summed E-state index contributed by atoms with van der Waals surface area (Å²) in [4.78, 5) is 8.86. The van der Waals surface area contributed by atoms with E-state index in [4.69, 9.17) is 5.73 Å². The Hall–Kier alpha value is -2.47. The van der Waals surface area contributed by atoms with Crippen LogP contribution in [0.25, 0.3) is 5.65 Å². The van der Waals surface area contributed by atoms with E-state index in [-0.39, 0.29) is 0 Å². The fraction of sp³-hybridized carbons (Fsp3) is 0.267. The third-order valence-corrected chi connectivity index (χ3v) is 3.29. The second-order valence-corrected chi connectivity index (χ2v) is 5.10. The van der Waals surface area contributed by atoms with Crippen molar-refractivity contribution in [2.24, 2.45) is 11.7 Å². The minimum absolute atomic E-state index is 0.359. The lowest BCUT2D eigenvalue weighted by Gasteiger charge is -2.07. The van der Waals surface area contributed by atoms with Gasteiger partial charge in [0.1, 0.15) is 5.82 Å². The van der Waals surface area contributed by atoms with Crippen molar-refractivity contribution in [3.8, 4) is 0 Å². The molecule has 3 rings (SSSR count). The maximum atomic E-state index is 5.69. The summed E-state index contributed by atoms with van der Waals surface area (Å²) < 4.78 is 1.78. The highest BCUT2D eigenvalue weighted by Crippen LogP contribution is 2.14. The summed E-state index contributed by atoms with van der Waals surface area (Å²) in [6.07, 6.45) is 2.54. The van der Waals surface area contributed by atoms with E-state index in [1.165, 1.54) is 0 Å². The zero-order chi connectivity index (χ0) is 14.7. The summed E-state index contributed by atoms with van der Waals surface area (Å²) in [7, 11) is 0. The molecule has 108 valence electrons. The largest absolute Gasteiger partial charge is 0.330 e. The fourth-order valence-electron chi connectivity index (χ4n) is 2.10. The van der Waals surface area contributed by atoms with Gasteiger partial charge in [0.15, 0.2) is 5.65 Å². The van der Waals surface area contributed by atoms with Crippen LogP contribution >= 0.6 is 0 Å². The molecule has 0 aliphatic heterocycles. The fourth-order valence-corrected chi connectivity index (χ4v) is 2.10. The van der Waals surface area contributed by atoms with Crippen molar-refractivity contribution in [1.82, 2.24) is 19.6 Å². The van der Waals surface area contributed by atoms with E-state index in [0.717, 1.165) is 23.6 Å². The first-order valence-corrected chi connectivity index (χ1v) is 6.99. The molecule has 2 aromatic heterocycles. The molecule has 1 atom stereocenters. The Labute approximate surface area is 123 Å². The highest BCUT2D eigenvalue weighted by molar-refractivity contribution is 5.55. The van der Waals surface area contributed by atoms with Crippen LogP contribution in [-0.2, 0) is 6.42 Å². The normalized spacial score (nSPS) is 12.5. The molecule has 6 heteroatoms. The molecule has 0 saturated carbocycles. The van der Waals surface area contributed by atoms with Crippen molar-refractivity contribution < 1.29 is 0 Å². The van der Waals surface area contributed by atoms with Crippen molar-refractivity contribution in [2.45, 2.75) is 13.3 Å². The molecule has 6 nitrogen and oxygen atoms in total. The van der Waals surface area contributed by atoms with Gasteiger partial charge in [-0.1, -0.05) is 25.1 Å². The number of nitrogens with one attached hydrogen (secondary N) is 1. The Kier molecular flexibility index (Phi) is 3.79. The second-order valence-electron chi connectivity index (χ2n) is 5.10. The summed E-state index contributed by atoms with van der Waals surface area (Å²) in [5, 5.41) is 7.68. The predicted octanol–water partition coefficient (Wildman–Crippen LogP) is 2.01. The van der Waals surface area contributed by atoms with E-state index in [0.29, 0.717) is 18.4 Å². The molecule has 0 spiro atoms. The van der Waals surface area contributed by atoms with Crippen LogP contribution in [0, 0.1) is 5.92 Å². The van der Waals surface area contributed by atoms with Gasteiger partial charge in [0.05, 0.1) is 0 Å². The number of anilines is 2. The van der Waals surface area contributed by atoms with Crippen LogP contribution in [0.5, 0.6) is 0 Å². The van der Waals surface area contributed by atoms with Crippen molar-refractivity contribution in [1.29, 1.82) is 0 Å². The van der Waals surface area contributed by atoms with Crippen LogP contribution in [0.2, 0.25) is 0 Å². The molecule has 1 aromatic carbocycles. The van der Waals surface area contributed by atoms with Gasteiger partial charge < -0.3 is 11.1 Å². The number of fused-ring (bicyclic) bond motifs is 1. The van der Waals surface area contributed by atoms with Crippen molar-refractivity contribution >= 4 is 17.3 Å². The van der Waals surface area contributed by atoms with Gasteiger partial charge in [-0.25, -0.2) is 4.98 Å². The van der Waals surface area contributed by atoms with Gasteiger partial charge in [-0.15, -0.1) is 5.10 Å². The number of nitrogens with zero attached hydrogens (tertiary/aromatic N) is 4. The van der Waals surface area contributed by atoms with Crippen molar-refractivity contribution in [3.05, 3.63) is 48.4 Å². The maximum absolute atomic E-state index is 5.69. The van der Waals surface area contributed by atoms with Gasteiger partial charge in [-0.05, 0) is 24.6 Å². The highest BCUT2D eigenvalue weighted by atomic mass is 15.4. The first-order valence-electron chi connectivity index (χ1n) is 6.99. The molecule has 0 aliphatic rings. The Morgan fingerprint density at radius 1 is 1.24 bits per heavy atom. The molecule has 0 radical (unpaired) electrons. The highest BCUT2D eigenvalue weighted by Gasteiger charge is 2.10. The molecule has 3 aromatic rings. The molecular formula is C15H18N6. The van der Waals surface area contributed by atoms with Gasteiger partial charge in [0.25, 0.3) is 0 Å². The lowest BCUT2D eigenvalue weighted by Crippen LogP contribution is -2.16. The molecule has 0 aliphatic carbocycles. The summed E-state index contributed by atoms with van der Waals surface area (Å²) in [5.41, 5.74) is 7.42. The summed E-state index contributed by atoms with van der Waals surface area (Å²) in [6, 6.07) is 11.7. The van der Waals surface area contributed by atoms with Crippen LogP contribution < -0.4 is 11.1 Å². The number of hydrogen-bond acceptors (Lipinski definition) is 5. The van der Waals surface area contributed by atoms with E-state index < -0.39 is 0 Å². The average molecular weight is 282 g/mol. The number of nitrogens with two attached hydrogens (primary N) is 1. The number of rotatable bonds is 5. The third-order valence-electron chi connectivity index (χ3n) is 3.29. The Bertz CT molecular complexity index is 721. The number of benzene rings is 1. The third kappa shape index (κ3) is 3.00. The Morgan fingerprint density at radius 3 is 2.81 bits per heavy atom. The van der Waals surface area contributed by atoms with E-state index in [9.17, 15) is 0 Å². The Balaban J connectivity index is 1.91. The molecule has 2 heterocycles. The van der Waals surface area contributed by atoms with Crippen LogP contribution in [0.15, 0.2) is 42.6 Å². The van der Waals surface area contributed by atoms with Crippen molar-refractivity contribution in [3.63, 3.8) is 0 Å². The number of para-hydroxylation sites is 1.